The molecule has 0 saturated carbocycles. The zero-order valence-electron chi connectivity index (χ0n) is 17.4. The zero-order valence-corrected chi connectivity index (χ0v) is 22.1. The van der Waals surface area contributed by atoms with Gasteiger partial charge in [-0.3, -0.25) is 4.79 Å². The van der Waals surface area contributed by atoms with Gasteiger partial charge in [-0.05, 0) is 66.6 Å². The highest BCUT2D eigenvalue weighted by atomic mass is 79.9. The lowest BCUT2D eigenvalue weighted by atomic mass is 10.1. The predicted octanol–water partition coefficient (Wildman–Crippen LogP) is 6.48. The fourth-order valence-electron chi connectivity index (χ4n) is 3.10. The molecule has 3 rings (SSSR count). The smallest absolute Gasteiger partial charge is 0.243 e. The van der Waals surface area contributed by atoms with Crippen molar-refractivity contribution in [2.45, 2.75) is 24.4 Å². The molecule has 0 aliphatic carbocycles. The number of carbonyl (C=O) groups is 1. The van der Waals surface area contributed by atoms with Gasteiger partial charge in [-0.25, -0.2) is 8.42 Å². The first kappa shape index (κ1) is 26.0. The highest BCUT2D eigenvalue weighted by molar-refractivity contribution is 9.10. The van der Waals surface area contributed by atoms with Crippen LogP contribution < -0.4 is 5.32 Å². The summed E-state index contributed by atoms with van der Waals surface area (Å²) in [5.74, 6) is -0.451. The summed E-state index contributed by atoms with van der Waals surface area (Å²) in [5, 5.41) is 3.99. The highest BCUT2D eigenvalue weighted by Gasteiger charge is 2.28. The van der Waals surface area contributed by atoms with Gasteiger partial charge in [-0.2, -0.15) is 4.31 Å². The fourth-order valence-corrected chi connectivity index (χ4v) is 5.34. The minimum Gasteiger partial charge on any atom is -0.348 e. The molecular formula is C23H20BrCl3N2O3S. The molecule has 1 N–H and O–H groups in total. The topological polar surface area (TPSA) is 66.5 Å². The quantitative estimate of drug-likeness (QED) is 0.327. The van der Waals surface area contributed by atoms with Crippen molar-refractivity contribution in [2.75, 3.05) is 6.54 Å². The third kappa shape index (κ3) is 6.94. The van der Waals surface area contributed by atoms with E-state index in [1.807, 2.05) is 31.2 Å². The molecule has 5 nitrogen and oxygen atoms in total. The van der Waals surface area contributed by atoms with Gasteiger partial charge in [0.2, 0.25) is 15.9 Å². The SMILES string of the molecule is CC(NC(=O)CN(Cc1ccc(Cl)cc1Cl)S(=O)(=O)c1ccc(Cl)cc1)c1ccc(Br)cc1. The molecule has 0 aliphatic rings. The monoisotopic (exact) mass is 588 g/mol. The molecule has 0 aliphatic heterocycles. The van der Waals surface area contributed by atoms with Crippen molar-refractivity contribution in [3.05, 3.63) is 97.4 Å². The first-order chi connectivity index (χ1) is 15.6. The van der Waals surface area contributed by atoms with E-state index < -0.39 is 22.5 Å². The van der Waals surface area contributed by atoms with E-state index in [1.165, 1.54) is 30.3 Å². The Kier molecular flexibility index (Phi) is 8.83. The highest BCUT2D eigenvalue weighted by Crippen LogP contribution is 2.26. The van der Waals surface area contributed by atoms with Crippen LogP contribution in [0.15, 0.2) is 76.1 Å². The van der Waals surface area contributed by atoms with Crippen molar-refractivity contribution in [3.63, 3.8) is 0 Å². The van der Waals surface area contributed by atoms with Crippen LogP contribution >= 0.6 is 50.7 Å². The Balaban J connectivity index is 1.86. The third-order valence-electron chi connectivity index (χ3n) is 4.88. The number of carbonyl (C=O) groups excluding carboxylic acids is 1. The van der Waals surface area contributed by atoms with E-state index in [1.54, 1.807) is 12.1 Å². The molecule has 1 amide bonds. The molecule has 0 aromatic heterocycles. The molecule has 3 aromatic rings. The minimum atomic E-state index is -4.03. The van der Waals surface area contributed by atoms with Crippen LogP contribution in [0.25, 0.3) is 0 Å². The number of nitrogens with one attached hydrogen (secondary N) is 1. The molecule has 0 saturated heterocycles. The molecule has 0 heterocycles. The number of benzene rings is 3. The molecule has 3 aromatic carbocycles. The molecule has 0 radical (unpaired) electrons. The molecule has 174 valence electrons. The molecular weight excluding hydrogens is 571 g/mol. The van der Waals surface area contributed by atoms with Crippen LogP contribution in [-0.2, 0) is 21.4 Å². The van der Waals surface area contributed by atoms with Gasteiger partial charge >= 0.3 is 0 Å². The van der Waals surface area contributed by atoms with E-state index >= 15 is 0 Å². The van der Waals surface area contributed by atoms with E-state index in [0.717, 1.165) is 14.3 Å². The largest absolute Gasteiger partial charge is 0.348 e. The molecule has 1 unspecified atom stereocenters. The number of hydrogen-bond acceptors (Lipinski definition) is 3. The van der Waals surface area contributed by atoms with Crippen LogP contribution in [0.1, 0.15) is 24.1 Å². The maximum absolute atomic E-state index is 13.4. The summed E-state index contributed by atoms with van der Waals surface area (Å²) >= 11 is 21.5. The van der Waals surface area contributed by atoms with Crippen molar-refractivity contribution in [2.24, 2.45) is 0 Å². The molecule has 33 heavy (non-hydrogen) atoms. The molecule has 0 bridgehead atoms. The van der Waals surface area contributed by atoms with E-state index in [0.29, 0.717) is 20.6 Å². The number of halogens is 4. The number of hydrogen-bond donors (Lipinski definition) is 1. The van der Waals surface area contributed by atoms with E-state index in [2.05, 4.69) is 21.2 Å². The Bertz CT molecular complexity index is 1240. The van der Waals surface area contributed by atoms with Crippen LogP contribution in [0.2, 0.25) is 15.1 Å². The van der Waals surface area contributed by atoms with Crippen molar-refractivity contribution in [1.29, 1.82) is 0 Å². The molecule has 0 fully saturated rings. The van der Waals surface area contributed by atoms with Crippen LogP contribution in [0, 0.1) is 0 Å². The van der Waals surface area contributed by atoms with Gasteiger partial charge in [0.05, 0.1) is 17.5 Å². The second kappa shape index (κ2) is 11.2. The average molecular weight is 591 g/mol. The summed E-state index contributed by atoms with van der Waals surface area (Å²) in [4.78, 5) is 12.9. The van der Waals surface area contributed by atoms with Crippen LogP contribution in [0.4, 0.5) is 0 Å². The lowest BCUT2D eigenvalue weighted by Gasteiger charge is -2.24. The minimum absolute atomic E-state index is 0.0192. The van der Waals surface area contributed by atoms with Gasteiger partial charge in [-0.1, -0.05) is 68.9 Å². The van der Waals surface area contributed by atoms with Gasteiger partial charge in [0.1, 0.15) is 0 Å². The Morgan fingerprint density at radius 3 is 2.18 bits per heavy atom. The Labute approximate surface area is 216 Å². The summed E-state index contributed by atoms with van der Waals surface area (Å²) in [5.41, 5.74) is 1.41. The summed E-state index contributed by atoms with van der Waals surface area (Å²) in [6.07, 6.45) is 0. The van der Waals surface area contributed by atoms with Crippen molar-refractivity contribution >= 4 is 66.7 Å². The molecule has 1 atom stereocenters. The van der Waals surface area contributed by atoms with E-state index in [-0.39, 0.29) is 17.5 Å². The third-order valence-corrected chi connectivity index (χ3v) is 8.05. The second-order valence-corrected chi connectivity index (χ2v) is 11.4. The number of nitrogens with zero attached hydrogens (tertiary/aromatic N) is 1. The maximum atomic E-state index is 13.4. The number of rotatable bonds is 8. The molecule has 0 spiro atoms. The first-order valence-electron chi connectivity index (χ1n) is 9.81. The molecule has 10 heteroatoms. The Morgan fingerprint density at radius 2 is 1.58 bits per heavy atom. The van der Waals surface area contributed by atoms with Crippen molar-refractivity contribution < 1.29 is 13.2 Å². The first-order valence-corrected chi connectivity index (χ1v) is 13.2. The lowest BCUT2D eigenvalue weighted by molar-refractivity contribution is -0.122. The van der Waals surface area contributed by atoms with Gasteiger partial charge in [0.15, 0.2) is 0 Å². The van der Waals surface area contributed by atoms with Gasteiger partial charge < -0.3 is 5.32 Å². The summed E-state index contributed by atoms with van der Waals surface area (Å²) in [6, 6.07) is 17.7. The van der Waals surface area contributed by atoms with Crippen LogP contribution in [0.3, 0.4) is 0 Å². The van der Waals surface area contributed by atoms with Crippen LogP contribution in [0.5, 0.6) is 0 Å². The second-order valence-electron chi connectivity index (χ2n) is 7.30. The standard InChI is InChI=1S/C23H20BrCl3N2O3S/c1-15(16-2-5-18(24)6-3-16)28-23(30)14-29(13-17-4-7-20(26)12-22(17)27)33(31,32)21-10-8-19(25)9-11-21/h2-12,15H,13-14H2,1H3,(H,28,30). The van der Waals surface area contributed by atoms with Gasteiger partial charge in [-0.15, -0.1) is 0 Å². The summed E-state index contributed by atoms with van der Waals surface area (Å²) < 4.78 is 28.8. The van der Waals surface area contributed by atoms with Crippen molar-refractivity contribution in [1.82, 2.24) is 9.62 Å². The zero-order chi connectivity index (χ0) is 24.2. The Morgan fingerprint density at radius 1 is 0.970 bits per heavy atom. The van der Waals surface area contributed by atoms with Gasteiger partial charge in [0.25, 0.3) is 0 Å². The number of sulfonamides is 1. The van der Waals surface area contributed by atoms with Crippen molar-refractivity contribution in [3.8, 4) is 0 Å². The average Bonchev–Trinajstić information content (AvgIpc) is 2.75. The fraction of sp³-hybridized carbons (Fsp3) is 0.174. The summed E-state index contributed by atoms with van der Waals surface area (Å²) in [6.45, 7) is 1.32. The predicted molar refractivity (Wildman–Crippen MR) is 136 cm³/mol. The lowest BCUT2D eigenvalue weighted by Crippen LogP contribution is -2.41. The van der Waals surface area contributed by atoms with E-state index in [4.69, 9.17) is 34.8 Å². The Hall–Kier alpha value is -1.61. The normalized spacial score (nSPS) is 12.5. The van der Waals surface area contributed by atoms with Gasteiger partial charge in [0, 0.05) is 26.1 Å². The summed E-state index contributed by atoms with van der Waals surface area (Å²) in [7, 11) is -4.03. The number of amides is 1. The van der Waals surface area contributed by atoms with E-state index in [9.17, 15) is 13.2 Å². The van der Waals surface area contributed by atoms with Crippen LogP contribution in [-0.4, -0.2) is 25.2 Å². The maximum Gasteiger partial charge on any atom is 0.243 e.